The fourth-order valence-corrected chi connectivity index (χ4v) is 2.39. The molecule has 0 saturated heterocycles. The van der Waals surface area contributed by atoms with E-state index in [9.17, 15) is 0 Å². The number of rotatable bonds is 5. The second-order valence-electron chi connectivity index (χ2n) is 4.93. The summed E-state index contributed by atoms with van der Waals surface area (Å²) in [6.45, 7) is 2.19. The predicted octanol–water partition coefficient (Wildman–Crippen LogP) is 4.54. The Hall–Kier alpha value is -1.31. The van der Waals surface area contributed by atoms with E-state index in [0.29, 0.717) is 0 Å². The van der Waals surface area contributed by atoms with E-state index in [1.807, 2.05) is 24.3 Å². The summed E-state index contributed by atoms with van der Waals surface area (Å²) in [4.78, 5) is 0. The molecule has 0 aliphatic heterocycles. The molecule has 2 N–H and O–H groups in total. The van der Waals surface area contributed by atoms with Gasteiger partial charge in [-0.2, -0.15) is 0 Å². The van der Waals surface area contributed by atoms with E-state index >= 15 is 0 Å². The van der Waals surface area contributed by atoms with Crippen LogP contribution in [0, 0.1) is 0 Å². The first-order valence-electron chi connectivity index (χ1n) is 6.78. The van der Waals surface area contributed by atoms with Crippen LogP contribution in [0.5, 0.6) is 0 Å². The molecule has 2 aromatic carbocycles. The third kappa shape index (κ3) is 4.09. The van der Waals surface area contributed by atoms with E-state index < -0.39 is 0 Å². The Bertz CT molecular complexity index is 519. The van der Waals surface area contributed by atoms with E-state index in [1.165, 1.54) is 16.7 Å². The molecule has 0 heterocycles. The zero-order chi connectivity index (χ0) is 13.7. The number of benzene rings is 2. The molecule has 0 bridgehead atoms. The third-order valence-electron chi connectivity index (χ3n) is 3.29. The minimum atomic E-state index is 0.0398. The van der Waals surface area contributed by atoms with Crippen molar-refractivity contribution >= 4 is 11.6 Å². The van der Waals surface area contributed by atoms with Crippen LogP contribution in [-0.4, -0.2) is 0 Å². The van der Waals surface area contributed by atoms with Crippen LogP contribution in [0.3, 0.4) is 0 Å². The Labute approximate surface area is 120 Å². The minimum Gasteiger partial charge on any atom is -0.324 e. The Morgan fingerprint density at radius 2 is 1.79 bits per heavy atom. The van der Waals surface area contributed by atoms with Crippen molar-refractivity contribution in [3.63, 3.8) is 0 Å². The predicted molar refractivity (Wildman–Crippen MR) is 82.5 cm³/mol. The number of hydrogen-bond acceptors (Lipinski definition) is 1. The van der Waals surface area contributed by atoms with Gasteiger partial charge in [-0.15, -0.1) is 0 Å². The van der Waals surface area contributed by atoms with Gasteiger partial charge in [-0.1, -0.05) is 61.3 Å². The van der Waals surface area contributed by atoms with Crippen molar-refractivity contribution in [2.45, 2.75) is 32.2 Å². The van der Waals surface area contributed by atoms with E-state index in [0.717, 1.165) is 24.3 Å². The lowest BCUT2D eigenvalue weighted by Crippen LogP contribution is -2.13. The summed E-state index contributed by atoms with van der Waals surface area (Å²) >= 11 is 5.89. The molecule has 0 saturated carbocycles. The van der Waals surface area contributed by atoms with Gasteiger partial charge in [-0.3, -0.25) is 0 Å². The van der Waals surface area contributed by atoms with E-state index in [4.69, 9.17) is 17.3 Å². The molecule has 0 aliphatic rings. The fraction of sp³-hybridized carbons (Fsp3) is 0.294. The first kappa shape index (κ1) is 14.1. The lowest BCUT2D eigenvalue weighted by Gasteiger charge is -2.13. The van der Waals surface area contributed by atoms with Gasteiger partial charge in [0.05, 0.1) is 0 Å². The molecule has 0 fully saturated rings. The van der Waals surface area contributed by atoms with E-state index in [1.54, 1.807) is 0 Å². The first-order valence-corrected chi connectivity index (χ1v) is 7.15. The molecule has 0 aromatic heterocycles. The molecule has 0 amide bonds. The Morgan fingerprint density at radius 1 is 1.05 bits per heavy atom. The number of nitrogens with two attached hydrogens (primary N) is 1. The Morgan fingerprint density at radius 3 is 2.47 bits per heavy atom. The standard InChI is InChI=1S/C17H20ClN/c1-2-4-13-5-3-6-15(11-13)17(19)12-14-7-9-16(18)10-8-14/h3,5-11,17H,2,4,12,19H2,1H3. The highest BCUT2D eigenvalue weighted by Gasteiger charge is 2.07. The quantitative estimate of drug-likeness (QED) is 0.851. The SMILES string of the molecule is CCCc1cccc(C(N)Cc2ccc(Cl)cc2)c1. The van der Waals surface area contributed by atoms with Gasteiger partial charge in [0.2, 0.25) is 0 Å². The smallest absolute Gasteiger partial charge is 0.0406 e. The first-order chi connectivity index (χ1) is 9.19. The van der Waals surface area contributed by atoms with Crippen LogP contribution in [0.2, 0.25) is 5.02 Å². The maximum Gasteiger partial charge on any atom is 0.0406 e. The molecule has 0 radical (unpaired) electrons. The van der Waals surface area contributed by atoms with Crippen molar-refractivity contribution in [3.05, 3.63) is 70.2 Å². The Balaban J connectivity index is 2.08. The molecule has 2 aromatic rings. The average molecular weight is 274 g/mol. The summed E-state index contributed by atoms with van der Waals surface area (Å²) in [6.07, 6.45) is 3.12. The summed E-state index contributed by atoms with van der Waals surface area (Å²) in [5.74, 6) is 0. The minimum absolute atomic E-state index is 0.0398. The zero-order valence-electron chi connectivity index (χ0n) is 11.3. The molecule has 2 rings (SSSR count). The van der Waals surface area contributed by atoms with E-state index in [2.05, 4.69) is 31.2 Å². The number of aryl methyl sites for hydroxylation is 1. The van der Waals surface area contributed by atoms with Gasteiger partial charge >= 0.3 is 0 Å². The maximum absolute atomic E-state index is 6.30. The van der Waals surface area contributed by atoms with Crippen molar-refractivity contribution in [2.24, 2.45) is 5.73 Å². The fourth-order valence-electron chi connectivity index (χ4n) is 2.26. The van der Waals surface area contributed by atoms with Crippen LogP contribution in [-0.2, 0) is 12.8 Å². The van der Waals surface area contributed by atoms with Crippen molar-refractivity contribution < 1.29 is 0 Å². The lowest BCUT2D eigenvalue weighted by atomic mass is 9.97. The summed E-state index contributed by atoms with van der Waals surface area (Å²) in [7, 11) is 0. The number of halogens is 1. The van der Waals surface area contributed by atoms with Crippen molar-refractivity contribution in [2.75, 3.05) is 0 Å². The summed E-state index contributed by atoms with van der Waals surface area (Å²) in [5.41, 5.74) is 10.1. The molecule has 1 atom stereocenters. The third-order valence-corrected chi connectivity index (χ3v) is 3.54. The monoisotopic (exact) mass is 273 g/mol. The van der Waals surface area contributed by atoms with Crippen molar-refractivity contribution in [3.8, 4) is 0 Å². The summed E-state index contributed by atoms with van der Waals surface area (Å²) in [6, 6.07) is 16.6. The van der Waals surface area contributed by atoms with Gasteiger partial charge in [-0.25, -0.2) is 0 Å². The molecule has 1 nitrogen and oxygen atoms in total. The van der Waals surface area contributed by atoms with Gasteiger partial charge in [-0.05, 0) is 41.7 Å². The second kappa shape index (κ2) is 6.74. The van der Waals surface area contributed by atoms with Crippen molar-refractivity contribution in [1.82, 2.24) is 0 Å². The highest BCUT2D eigenvalue weighted by Crippen LogP contribution is 2.19. The lowest BCUT2D eigenvalue weighted by molar-refractivity contribution is 0.719. The molecule has 0 spiro atoms. The number of hydrogen-bond donors (Lipinski definition) is 1. The van der Waals surface area contributed by atoms with Crippen LogP contribution < -0.4 is 5.73 Å². The van der Waals surface area contributed by atoms with Gasteiger partial charge in [0, 0.05) is 11.1 Å². The second-order valence-corrected chi connectivity index (χ2v) is 5.37. The van der Waals surface area contributed by atoms with Crippen LogP contribution in [0.4, 0.5) is 0 Å². The van der Waals surface area contributed by atoms with Crippen LogP contribution in [0.15, 0.2) is 48.5 Å². The molecule has 2 heteroatoms. The highest BCUT2D eigenvalue weighted by molar-refractivity contribution is 6.30. The van der Waals surface area contributed by atoms with Crippen LogP contribution >= 0.6 is 11.6 Å². The average Bonchev–Trinajstić information content (AvgIpc) is 2.42. The van der Waals surface area contributed by atoms with E-state index in [-0.39, 0.29) is 6.04 Å². The normalized spacial score (nSPS) is 12.4. The Kier molecular flexibility index (Phi) is 5.00. The zero-order valence-corrected chi connectivity index (χ0v) is 12.0. The molecule has 19 heavy (non-hydrogen) atoms. The van der Waals surface area contributed by atoms with Gasteiger partial charge in [0.1, 0.15) is 0 Å². The summed E-state index contributed by atoms with van der Waals surface area (Å²) in [5, 5.41) is 0.766. The highest BCUT2D eigenvalue weighted by atomic mass is 35.5. The molecule has 100 valence electrons. The van der Waals surface area contributed by atoms with Crippen molar-refractivity contribution in [1.29, 1.82) is 0 Å². The van der Waals surface area contributed by atoms with Gasteiger partial charge in [0.25, 0.3) is 0 Å². The van der Waals surface area contributed by atoms with Gasteiger partial charge in [0.15, 0.2) is 0 Å². The summed E-state index contributed by atoms with van der Waals surface area (Å²) < 4.78 is 0. The van der Waals surface area contributed by atoms with Crippen LogP contribution in [0.1, 0.15) is 36.1 Å². The molecule has 0 aliphatic carbocycles. The molecule has 1 unspecified atom stereocenters. The van der Waals surface area contributed by atoms with Gasteiger partial charge < -0.3 is 5.73 Å². The maximum atomic E-state index is 6.30. The van der Waals surface area contributed by atoms with Crippen LogP contribution in [0.25, 0.3) is 0 Å². The topological polar surface area (TPSA) is 26.0 Å². The largest absolute Gasteiger partial charge is 0.324 e. The molecular formula is C17H20ClN. The molecular weight excluding hydrogens is 254 g/mol.